The number of hydrogen-bond acceptors (Lipinski definition) is 2. The molecule has 1 atom stereocenters. The predicted octanol–water partition coefficient (Wildman–Crippen LogP) is 3.98. The highest BCUT2D eigenvalue weighted by molar-refractivity contribution is 8.00. The SMILES string of the molecule is CC(C)C(C)Sc1ccc(CCN)c(Cl)c1. The fraction of sp³-hybridized carbons (Fsp3) is 0.538. The summed E-state index contributed by atoms with van der Waals surface area (Å²) in [6.07, 6.45) is 0.851. The van der Waals surface area contributed by atoms with Gasteiger partial charge in [-0.2, -0.15) is 0 Å². The normalized spacial score (nSPS) is 13.1. The van der Waals surface area contributed by atoms with E-state index in [0.717, 1.165) is 17.0 Å². The lowest BCUT2D eigenvalue weighted by atomic mass is 10.1. The van der Waals surface area contributed by atoms with Crippen molar-refractivity contribution in [1.29, 1.82) is 0 Å². The third-order valence-electron chi connectivity index (χ3n) is 2.70. The van der Waals surface area contributed by atoms with E-state index in [1.54, 1.807) is 0 Å². The van der Waals surface area contributed by atoms with Gasteiger partial charge in [0.2, 0.25) is 0 Å². The molecule has 1 unspecified atom stereocenters. The van der Waals surface area contributed by atoms with Crippen LogP contribution in [-0.4, -0.2) is 11.8 Å². The van der Waals surface area contributed by atoms with Gasteiger partial charge in [0, 0.05) is 15.2 Å². The van der Waals surface area contributed by atoms with Gasteiger partial charge >= 0.3 is 0 Å². The lowest BCUT2D eigenvalue weighted by Gasteiger charge is -2.15. The fourth-order valence-electron chi connectivity index (χ4n) is 1.31. The molecule has 16 heavy (non-hydrogen) atoms. The smallest absolute Gasteiger partial charge is 0.0449 e. The van der Waals surface area contributed by atoms with Crippen LogP contribution in [0.3, 0.4) is 0 Å². The van der Waals surface area contributed by atoms with Crippen molar-refractivity contribution >= 4 is 23.4 Å². The molecule has 0 amide bonds. The maximum absolute atomic E-state index is 6.20. The van der Waals surface area contributed by atoms with Gasteiger partial charge in [-0.1, -0.05) is 38.4 Å². The molecule has 0 aliphatic carbocycles. The van der Waals surface area contributed by atoms with E-state index < -0.39 is 0 Å². The van der Waals surface area contributed by atoms with Crippen molar-refractivity contribution in [3.63, 3.8) is 0 Å². The first-order valence-corrected chi connectivity index (χ1v) is 6.95. The van der Waals surface area contributed by atoms with Crippen molar-refractivity contribution in [2.24, 2.45) is 11.7 Å². The van der Waals surface area contributed by atoms with Crippen LogP contribution in [0.25, 0.3) is 0 Å². The van der Waals surface area contributed by atoms with Gasteiger partial charge in [-0.15, -0.1) is 11.8 Å². The second-order valence-electron chi connectivity index (χ2n) is 4.36. The maximum Gasteiger partial charge on any atom is 0.0449 e. The molecule has 0 saturated carbocycles. The number of halogens is 1. The van der Waals surface area contributed by atoms with E-state index in [4.69, 9.17) is 17.3 Å². The summed E-state index contributed by atoms with van der Waals surface area (Å²) >= 11 is 8.08. The largest absolute Gasteiger partial charge is 0.330 e. The van der Waals surface area contributed by atoms with Gasteiger partial charge in [-0.05, 0) is 36.6 Å². The van der Waals surface area contributed by atoms with Crippen LogP contribution in [0.15, 0.2) is 23.1 Å². The lowest BCUT2D eigenvalue weighted by molar-refractivity contribution is 0.642. The van der Waals surface area contributed by atoms with E-state index in [2.05, 4.69) is 39.0 Å². The Balaban J connectivity index is 2.73. The van der Waals surface area contributed by atoms with E-state index in [-0.39, 0.29) is 0 Å². The summed E-state index contributed by atoms with van der Waals surface area (Å²) in [5, 5.41) is 1.45. The minimum atomic E-state index is 0.608. The van der Waals surface area contributed by atoms with Crippen molar-refractivity contribution in [2.75, 3.05) is 6.54 Å². The first-order valence-electron chi connectivity index (χ1n) is 5.69. The molecule has 0 aromatic heterocycles. The highest BCUT2D eigenvalue weighted by Gasteiger charge is 2.09. The van der Waals surface area contributed by atoms with Crippen molar-refractivity contribution in [1.82, 2.24) is 0 Å². The van der Waals surface area contributed by atoms with E-state index in [1.165, 1.54) is 4.90 Å². The molecule has 0 bridgehead atoms. The zero-order valence-electron chi connectivity index (χ0n) is 10.2. The molecule has 1 rings (SSSR count). The van der Waals surface area contributed by atoms with Crippen LogP contribution in [0, 0.1) is 5.92 Å². The number of thioether (sulfide) groups is 1. The Morgan fingerprint density at radius 3 is 2.50 bits per heavy atom. The number of rotatable bonds is 5. The minimum Gasteiger partial charge on any atom is -0.330 e. The van der Waals surface area contributed by atoms with Gasteiger partial charge in [0.15, 0.2) is 0 Å². The molecule has 0 saturated heterocycles. The lowest BCUT2D eigenvalue weighted by Crippen LogP contribution is -2.05. The van der Waals surface area contributed by atoms with Gasteiger partial charge in [-0.25, -0.2) is 0 Å². The Labute approximate surface area is 108 Å². The molecule has 1 nitrogen and oxygen atoms in total. The van der Waals surface area contributed by atoms with E-state index in [0.29, 0.717) is 17.7 Å². The zero-order chi connectivity index (χ0) is 12.1. The summed E-state index contributed by atoms with van der Waals surface area (Å²) in [5.41, 5.74) is 6.67. The molecule has 1 aromatic rings. The monoisotopic (exact) mass is 257 g/mol. The van der Waals surface area contributed by atoms with Crippen molar-refractivity contribution in [2.45, 2.75) is 37.3 Å². The minimum absolute atomic E-state index is 0.608. The number of nitrogens with two attached hydrogens (primary N) is 1. The van der Waals surface area contributed by atoms with E-state index in [9.17, 15) is 0 Å². The van der Waals surface area contributed by atoms with Gasteiger partial charge < -0.3 is 5.73 Å². The molecule has 3 heteroatoms. The quantitative estimate of drug-likeness (QED) is 0.808. The zero-order valence-corrected chi connectivity index (χ0v) is 11.7. The molecule has 0 aliphatic rings. The molecule has 0 fully saturated rings. The molecule has 0 spiro atoms. The summed E-state index contributed by atoms with van der Waals surface area (Å²) in [6, 6.07) is 6.28. The van der Waals surface area contributed by atoms with Crippen LogP contribution in [-0.2, 0) is 6.42 Å². The van der Waals surface area contributed by atoms with E-state index >= 15 is 0 Å². The summed E-state index contributed by atoms with van der Waals surface area (Å²) < 4.78 is 0. The molecular weight excluding hydrogens is 238 g/mol. The predicted molar refractivity (Wildman–Crippen MR) is 74.4 cm³/mol. The molecule has 0 aliphatic heterocycles. The Morgan fingerprint density at radius 1 is 1.31 bits per heavy atom. The molecule has 90 valence electrons. The van der Waals surface area contributed by atoms with Crippen LogP contribution in [0.2, 0.25) is 5.02 Å². The van der Waals surface area contributed by atoms with Crippen LogP contribution < -0.4 is 5.73 Å². The highest BCUT2D eigenvalue weighted by Crippen LogP contribution is 2.30. The average molecular weight is 258 g/mol. The second kappa shape index (κ2) is 6.53. The Hall–Kier alpha value is -0.180. The Morgan fingerprint density at radius 2 is 2.00 bits per heavy atom. The molecule has 0 heterocycles. The second-order valence-corrected chi connectivity index (χ2v) is 6.22. The topological polar surface area (TPSA) is 26.0 Å². The van der Waals surface area contributed by atoms with Crippen LogP contribution in [0.4, 0.5) is 0 Å². The van der Waals surface area contributed by atoms with Crippen molar-refractivity contribution < 1.29 is 0 Å². The highest BCUT2D eigenvalue weighted by atomic mass is 35.5. The van der Waals surface area contributed by atoms with Gasteiger partial charge in [0.25, 0.3) is 0 Å². The molecule has 0 radical (unpaired) electrons. The Bertz CT molecular complexity index is 339. The molecule has 2 N–H and O–H groups in total. The third-order valence-corrected chi connectivity index (χ3v) is 4.49. The summed E-state index contributed by atoms with van der Waals surface area (Å²) in [6.45, 7) is 7.37. The van der Waals surface area contributed by atoms with E-state index in [1.807, 2.05) is 11.8 Å². The Kier molecular flexibility index (Phi) is 5.67. The van der Waals surface area contributed by atoms with Crippen molar-refractivity contribution in [3.8, 4) is 0 Å². The van der Waals surface area contributed by atoms with Crippen LogP contribution in [0.5, 0.6) is 0 Å². The van der Waals surface area contributed by atoms with Crippen LogP contribution >= 0.6 is 23.4 Å². The molecular formula is C13H20ClNS. The first kappa shape index (κ1) is 13.9. The van der Waals surface area contributed by atoms with Gasteiger partial charge in [0.1, 0.15) is 0 Å². The summed E-state index contributed by atoms with van der Waals surface area (Å²) in [5.74, 6) is 0.674. The van der Waals surface area contributed by atoms with Gasteiger partial charge in [0.05, 0.1) is 0 Å². The standard InChI is InChI=1S/C13H20ClNS/c1-9(2)10(3)16-12-5-4-11(6-7-15)13(14)8-12/h4-5,8-10H,6-7,15H2,1-3H3. The third kappa shape index (κ3) is 4.00. The average Bonchev–Trinajstić information content (AvgIpc) is 2.22. The summed E-state index contributed by atoms with van der Waals surface area (Å²) in [4.78, 5) is 1.24. The first-order chi connectivity index (χ1) is 7.54. The fourth-order valence-corrected chi connectivity index (χ4v) is 2.68. The summed E-state index contributed by atoms with van der Waals surface area (Å²) in [7, 11) is 0. The van der Waals surface area contributed by atoms with Crippen molar-refractivity contribution in [3.05, 3.63) is 28.8 Å². The number of hydrogen-bond donors (Lipinski definition) is 1. The van der Waals surface area contributed by atoms with Crippen LogP contribution in [0.1, 0.15) is 26.3 Å². The maximum atomic E-state index is 6.20. The molecule has 1 aromatic carbocycles. The number of benzene rings is 1. The van der Waals surface area contributed by atoms with Gasteiger partial charge in [-0.3, -0.25) is 0 Å².